The van der Waals surface area contributed by atoms with Crippen LogP contribution in [0.3, 0.4) is 0 Å². The van der Waals surface area contributed by atoms with Crippen LogP contribution in [0.15, 0.2) is 0 Å². The van der Waals surface area contributed by atoms with Gasteiger partial charge in [-0.3, -0.25) is 10.3 Å². The number of fused-ring (bicyclic) bond motifs is 8. The van der Waals surface area contributed by atoms with Crippen molar-refractivity contribution in [2.75, 3.05) is 11.7 Å². The lowest BCUT2D eigenvalue weighted by atomic mass is 9.92. The molecule has 3 N–H and O–H groups in total. The summed E-state index contributed by atoms with van der Waals surface area (Å²) < 4.78 is 8.63. The van der Waals surface area contributed by atoms with Gasteiger partial charge in [-0.05, 0) is 31.6 Å². The standard InChI is InChI=1S/C13H16N6OS2/c1-13(2)3-6-7(4-20-13)22-10-8(6)9-14-5-15-19(9)11-16-17-12(21)18(10)11/h9,14-15H,3-5H2,1-2H3,(H,17,21). The monoisotopic (exact) mass is 336 g/mol. The lowest BCUT2D eigenvalue weighted by Gasteiger charge is -2.33. The molecule has 2 aromatic rings. The molecule has 0 radical (unpaired) electrons. The van der Waals surface area contributed by atoms with Crippen molar-refractivity contribution in [3.05, 3.63) is 20.8 Å². The number of hydrogen-bond acceptors (Lipinski definition) is 7. The number of rotatable bonds is 0. The maximum atomic E-state index is 5.98. The number of anilines is 1. The number of ether oxygens (including phenoxy) is 1. The van der Waals surface area contributed by atoms with E-state index in [4.69, 9.17) is 17.0 Å². The number of hydrazine groups is 1. The van der Waals surface area contributed by atoms with Crippen LogP contribution in [-0.4, -0.2) is 27.0 Å². The predicted octanol–water partition coefficient (Wildman–Crippen LogP) is 1.73. The minimum absolute atomic E-state index is 0.0987. The van der Waals surface area contributed by atoms with Gasteiger partial charge in [0.2, 0.25) is 10.7 Å². The Labute approximate surface area is 136 Å². The van der Waals surface area contributed by atoms with Crippen LogP contribution in [0.1, 0.15) is 36.0 Å². The van der Waals surface area contributed by atoms with E-state index in [9.17, 15) is 0 Å². The summed E-state index contributed by atoms with van der Waals surface area (Å²) in [5, 5.41) is 14.0. The minimum Gasteiger partial charge on any atom is -0.370 e. The first-order valence-corrected chi connectivity index (χ1v) is 8.50. The number of hydrogen-bond donors (Lipinski definition) is 3. The molecule has 0 saturated carbocycles. The van der Waals surface area contributed by atoms with Crippen molar-refractivity contribution in [3.8, 4) is 5.00 Å². The Bertz CT molecular complexity index is 834. The summed E-state index contributed by atoms with van der Waals surface area (Å²) in [5.41, 5.74) is 5.91. The van der Waals surface area contributed by atoms with Gasteiger partial charge in [0.05, 0.1) is 18.9 Å². The smallest absolute Gasteiger partial charge is 0.247 e. The van der Waals surface area contributed by atoms with E-state index in [1.54, 1.807) is 11.3 Å². The Hall–Kier alpha value is -1.26. The van der Waals surface area contributed by atoms with Gasteiger partial charge in [-0.1, -0.05) is 0 Å². The number of nitrogens with one attached hydrogen (secondary N) is 3. The van der Waals surface area contributed by atoms with Gasteiger partial charge in [0.1, 0.15) is 11.2 Å². The van der Waals surface area contributed by atoms with Crippen molar-refractivity contribution >= 4 is 29.5 Å². The molecule has 0 bridgehead atoms. The van der Waals surface area contributed by atoms with Gasteiger partial charge in [-0.2, -0.15) is 0 Å². The van der Waals surface area contributed by atoms with Crippen molar-refractivity contribution in [2.24, 2.45) is 0 Å². The molecule has 1 fully saturated rings. The molecule has 5 rings (SSSR count). The lowest BCUT2D eigenvalue weighted by molar-refractivity contribution is -0.0385. The third-order valence-corrected chi connectivity index (χ3v) is 5.94. The molecule has 0 amide bonds. The first-order valence-electron chi connectivity index (χ1n) is 7.27. The van der Waals surface area contributed by atoms with E-state index < -0.39 is 0 Å². The van der Waals surface area contributed by atoms with Crippen LogP contribution in [0.4, 0.5) is 5.95 Å². The van der Waals surface area contributed by atoms with E-state index in [-0.39, 0.29) is 11.8 Å². The average Bonchev–Trinajstić information content (AvgIpc) is 3.13. The number of H-pyrrole nitrogens is 1. The molecule has 0 aliphatic carbocycles. The molecule has 0 aromatic carbocycles. The first kappa shape index (κ1) is 13.2. The van der Waals surface area contributed by atoms with Gasteiger partial charge in [-0.25, -0.2) is 15.1 Å². The van der Waals surface area contributed by atoms with Crippen LogP contribution < -0.4 is 15.8 Å². The van der Waals surface area contributed by atoms with Gasteiger partial charge < -0.3 is 4.74 Å². The summed E-state index contributed by atoms with van der Waals surface area (Å²) >= 11 is 7.21. The summed E-state index contributed by atoms with van der Waals surface area (Å²) in [6.07, 6.45) is 1.02. The fourth-order valence-electron chi connectivity index (χ4n) is 3.47. The molecule has 9 heteroatoms. The molecule has 3 aliphatic rings. The van der Waals surface area contributed by atoms with Crippen molar-refractivity contribution in [1.82, 2.24) is 25.5 Å². The molecule has 1 atom stereocenters. The summed E-state index contributed by atoms with van der Waals surface area (Å²) in [6.45, 7) is 5.68. The Balaban J connectivity index is 1.80. The maximum absolute atomic E-state index is 5.98. The molecule has 22 heavy (non-hydrogen) atoms. The number of thiophene rings is 1. The maximum Gasteiger partial charge on any atom is 0.247 e. The van der Waals surface area contributed by atoms with Crippen LogP contribution in [0.2, 0.25) is 0 Å². The second-order valence-electron chi connectivity index (χ2n) is 6.42. The third-order valence-electron chi connectivity index (χ3n) is 4.46. The third kappa shape index (κ3) is 1.60. The molecule has 0 spiro atoms. The van der Waals surface area contributed by atoms with Gasteiger partial charge in [0.15, 0.2) is 0 Å². The Morgan fingerprint density at radius 1 is 1.45 bits per heavy atom. The van der Waals surface area contributed by atoms with Crippen LogP contribution in [0, 0.1) is 4.77 Å². The van der Waals surface area contributed by atoms with Crippen molar-refractivity contribution in [2.45, 2.75) is 38.6 Å². The predicted molar refractivity (Wildman–Crippen MR) is 85.6 cm³/mol. The van der Waals surface area contributed by atoms with Gasteiger partial charge >= 0.3 is 0 Å². The van der Waals surface area contributed by atoms with Gasteiger partial charge in [0.25, 0.3) is 0 Å². The van der Waals surface area contributed by atoms with E-state index >= 15 is 0 Å². The molecule has 1 saturated heterocycles. The van der Waals surface area contributed by atoms with Crippen LogP contribution in [-0.2, 0) is 17.8 Å². The highest BCUT2D eigenvalue weighted by Gasteiger charge is 2.42. The summed E-state index contributed by atoms with van der Waals surface area (Å²) in [5.74, 6) is 0.811. The van der Waals surface area contributed by atoms with Gasteiger partial charge in [0, 0.05) is 16.9 Å². The molecular formula is C13H16N6OS2. The molecule has 7 nitrogen and oxygen atoms in total. The van der Waals surface area contributed by atoms with Crippen LogP contribution >= 0.6 is 23.6 Å². The van der Waals surface area contributed by atoms with E-state index in [0.29, 0.717) is 18.0 Å². The molecular weight excluding hydrogens is 320 g/mol. The molecule has 2 aromatic heterocycles. The molecule has 116 valence electrons. The lowest BCUT2D eigenvalue weighted by Crippen LogP contribution is -2.40. The largest absolute Gasteiger partial charge is 0.370 e. The topological polar surface area (TPSA) is 70.1 Å². The Morgan fingerprint density at radius 2 is 2.32 bits per heavy atom. The molecule has 3 aliphatic heterocycles. The van der Waals surface area contributed by atoms with Crippen LogP contribution in [0.5, 0.6) is 0 Å². The normalized spacial score (nSPS) is 24.6. The second-order valence-corrected chi connectivity index (χ2v) is 7.89. The summed E-state index contributed by atoms with van der Waals surface area (Å²) in [4.78, 5) is 1.30. The molecule has 5 heterocycles. The number of nitrogens with zero attached hydrogens (tertiary/aromatic N) is 3. The fraction of sp³-hybridized carbons (Fsp3) is 0.538. The summed E-state index contributed by atoms with van der Waals surface area (Å²) in [6, 6.07) is 0. The van der Waals surface area contributed by atoms with E-state index in [1.165, 1.54) is 16.0 Å². The van der Waals surface area contributed by atoms with E-state index in [2.05, 4.69) is 39.8 Å². The number of aromatic amines is 1. The van der Waals surface area contributed by atoms with Crippen LogP contribution in [0.25, 0.3) is 5.00 Å². The van der Waals surface area contributed by atoms with E-state index in [0.717, 1.165) is 17.4 Å². The minimum atomic E-state index is -0.128. The number of aromatic nitrogens is 3. The first-order chi connectivity index (χ1) is 10.6. The average molecular weight is 336 g/mol. The van der Waals surface area contributed by atoms with Crippen molar-refractivity contribution in [1.29, 1.82) is 0 Å². The quantitative estimate of drug-likeness (QED) is 0.637. The fourth-order valence-corrected chi connectivity index (χ4v) is 5.01. The van der Waals surface area contributed by atoms with Crippen molar-refractivity contribution < 1.29 is 4.74 Å². The highest BCUT2D eigenvalue weighted by molar-refractivity contribution is 7.71. The Kier molecular flexibility index (Phi) is 2.51. The van der Waals surface area contributed by atoms with Gasteiger partial charge in [-0.15, -0.1) is 16.4 Å². The second kappa shape index (κ2) is 4.18. The Morgan fingerprint density at radius 3 is 3.18 bits per heavy atom. The highest BCUT2D eigenvalue weighted by atomic mass is 32.1. The zero-order valence-corrected chi connectivity index (χ0v) is 13.9. The molecule has 1 unspecified atom stereocenters. The van der Waals surface area contributed by atoms with Crippen molar-refractivity contribution in [3.63, 3.8) is 0 Å². The van der Waals surface area contributed by atoms with E-state index in [1.807, 2.05) is 4.57 Å². The zero-order chi connectivity index (χ0) is 15.1. The summed E-state index contributed by atoms with van der Waals surface area (Å²) in [7, 11) is 0. The zero-order valence-electron chi connectivity index (χ0n) is 12.3. The highest BCUT2D eigenvalue weighted by Crippen LogP contribution is 2.47. The SMILES string of the molecule is CC1(C)Cc2c(sc3c2C2NCNN2c2n[nH]c(=S)n2-3)CO1.